The Labute approximate surface area is 163 Å². The molecular formula is C19H26N4O3S. The van der Waals surface area contributed by atoms with Crippen LogP contribution in [0.25, 0.3) is 0 Å². The van der Waals surface area contributed by atoms with E-state index in [0.29, 0.717) is 28.3 Å². The third-order valence-corrected chi connectivity index (χ3v) is 5.74. The number of aromatic nitrogens is 3. The van der Waals surface area contributed by atoms with Crippen molar-refractivity contribution in [2.75, 3.05) is 19.5 Å². The van der Waals surface area contributed by atoms with Gasteiger partial charge in [-0.3, -0.25) is 9.89 Å². The number of carbonyl (C=O) groups is 1. The monoisotopic (exact) mass is 390 g/mol. The molecule has 1 heterocycles. The first-order valence-corrected chi connectivity index (χ1v) is 10.1. The Bertz CT molecular complexity index is 774. The molecule has 1 fully saturated rings. The minimum atomic E-state index is -0.351. The maximum Gasteiger partial charge on any atom is 0.237 e. The van der Waals surface area contributed by atoms with Crippen molar-refractivity contribution < 1.29 is 14.3 Å². The molecule has 1 aliphatic rings. The Morgan fingerprint density at radius 1 is 1.33 bits per heavy atom. The molecule has 0 saturated heterocycles. The molecule has 0 aliphatic heterocycles. The molecule has 0 spiro atoms. The molecule has 3 rings (SSSR count). The van der Waals surface area contributed by atoms with Crippen molar-refractivity contribution in [2.45, 2.75) is 49.4 Å². The van der Waals surface area contributed by atoms with Gasteiger partial charge in [-0.15, -0.1) is 5.10 Å². The van der Waals surface area contributed by atoms with Crippen LogP contribution in [0.3, 0.4) is 0 Å². The van der Waals surface area contributed by atoms with Gasteiger partial charge in [-0.2, -0.15) is 0 Å². The molecule has 1 aromatic heterocycles. The fourth-order valence-corrected chi connectivity index (χ4v) is 4.01. The number of hydrogen-bond donors (Lipinski definition) is 2. The summed E-state index contributed by atoms with van der Waals surface area (Å²) in [5, 5.41) is 10.4. The largest absolute Gasteiger partial charge is 0.497 e. The number of nitrogens with zero attached hydrogens (tertiary/aromatic N) is 2. The van der Waals surface area contributed by atoms with Gasteiger partial charge in [-0.1, -0.05) is 37.4 Å². The van der Waals surface area contributed by atoms with Crippen LogP contribution in [0, 0.1) is 5.92 Å². The summed E-state index contributed by atoms with van der Waals surface area (Å²) in [6, 6.07) is 5.28. The van der Waals surface area contributed by atoms with Crippen LogP contribution in [0.15, 0.2) is 23.4 Å². The smallest absolute Gasteiger partial charge is 0.237 e. The van der Waals surface area contributed by atoms with Gasteiger partial charge in [0.25, 0.3) is 0 Å². The molecule has 27 heavy (non-hydrogen) atoms. The fraction of sp³-hybridized carbons (Fsp3) is 0.526. The first kappa shape index (κ1) is 19.5. The number of methoxy groups -OCH3 is 2. The van der Waals surface area contributed by atoms with Crippen molar-refractivity contribution in [1.82, 2.24) is 15.2 Å². The second kappa shape index (κ2) is 9.12. The number of hydrogen-bond acceptors (Lipinski definition) is 6. The summed E-state index contributed by atoms with van der Waals surface area (Å²) in [7, 11) is 3.15. The Hall–Kier alpha value is -2.22. The lowest BCUT2D eigenvalue weighted by Crippen LogP contribution is -2.22. The zero-order valence-corrected chi connectivity index (χ0v) is 16.8. The van der Waals surface area contributed by atoms with E-state index in [-0.39, 0.29) is 11.2 Å². The number of H-pyrrole nitrogens is 1. The van der Waals surface area contributed by atoms with E-state index >= 15 is 0 Å². The molecule has 1 atom stereocenters. The number of aromatic amines is 1. The number of thioether (sulfide) groups is 1. The summed E-state index contributed by atoms with van der Waals surface area (Å²) < 4.78 is 10.5. The van der Waals surface area contributed by atoms with E-state index in [0.717, 1.165) is 12.2 Å². The maximum absolute atomic E-state index is 12.6. The van der Waals surface area contributed by atoms with Crippen molar-refractivity contribution in [1.29, 1.82) is 0 Å². The number of amides is 1. The number of benzene rings is 1. The van der Waals surface area contributed by atoms with Gasteiger partial charge in [0.2, 0.25) is 11.1 Å². The van der Waals surface area contributed by atoms with Crippen molar-refractivity contribution in [2.24, 2.45) is 5.92 Å². The van der Waals surface area contributed by atoms with Crippen LogP contribution >= 0.6 is 11.8 Å². The summed E-state index contributed by atoms with van der Waals surface area (Å²) in [4.78, 5) is 17.1. The molecule has 2 N–H and O–H groups in total. The van der Waals surface area contributed by atoms with Gasteiger partial charge in [-0.05, 0) is 25.0 Å². The molecule has 1 saturated carbocycles. The van der Waals surface area contributed by atoms with E-state index in [9.17, 15) is 4.79 Å². The number of ether oxygens (including phenoxy) is 2. The lowest BCUT2D eigenvalue weighted by Gasteiger charge is -2.14. The van der Waals surface area contributed by atoms with E-state index in [1.165, 1.54) is 37.4 Å². The summed E-state index contributed by atoms with van der Waals surface area (Å²) >= 11 is 1.34. The highest BCUT2D eigenvalue weighted by Crippen LogP contribution is 2.31. The van der Waals surface area contributed by atoms with Crippen molar-refractivity contribution >= 4 is 23.4 Å². The van der Waals surface area contributed by atoms with Crippen LogP contribution in [0.5, 0.6) is 11.5 Å². The maximum atomic E-state index is 12.6. The van der Waals surface area contributed by atoms with E-state index in [2.05, 4.69) is 20.5 Å². The average molecular weight is 391 g/mol. The summed E-state index contributed by atoms with van der Waals surface area (Å²) in [6.07, 6.45) is 6.10. The highest BCUT2D eigenvalue weighted by Gasteiger charge is 2.21. The molecule has 7 nitrogen and oxygen atoms in total. The fourth-order valence-electron chi connectivity index (χ4n) is 3.27. The first-order valence-electron chi connectivity index (χ1n) is 9.20. The summed E-state index contributed by atoms with van der Waals surface area (Å²) in [6.45, 7) is 1.83. The normalized spacial score (nSPS) is 15.5. The first-order chi connectivity index (χ1) is 13.1. The van der Waals surface area contributed by atoms with Gasteiger partial charge in [0, 0.05) is 12.5 Å². The standard InChI is InChI=1S/C19H26N4O3S/c1-12(18(24)20-15-11-14(25-2)8-9-16(15)26-3)27-19-21-17(22-23-19)10-13-6-4-5-7-13/h8-9,11-13H,4-7,10H2,1-3H3,(H,20,24)(H,21,22,23). The van der Waals surface area contributed by atoms with Crippen LogP contribution in [0.2, 0.25) is 0 Å². The predicted octanol–water partition coefficient (Wildman–Crippen LogP) is 3.67. The molecule has 0 radical (unpaired) electrons. The quantitative estimate of drug-likeness (QED) is 0.669. The number of anilines is 1. The molecular weight excluding hydrogens is 364 g/mol. The van der Waals surface area contributed by atoms with Crippen LogP contribution in [-0.4, -0.2) is 40.6 Å². The minimum absolute atomic E-state index is 0.145. The zero-order chi connectivity index (χ0) is 19.2. The van der Waals surface area contributed by atoms with Crippen LogP contribution < -0.4 is 14.8 Å². The van der Waals surface area contributed by atoms with Gasteiger partial charge >= 0.3 is 0 Å². The van der Waals surface area contributed by atoms with Gasteiger partial charge in [0.1, 0.15) is 17.3 Å². The second-order valence-electron chi connectivity index (χ2n) is 6.73. The predicted molar refractivity (Wildman–Crippen MR) is 106 cm³/mol. The van der Waals surface area contributed by atoms with Crippen molar-refractivity contribution in [3.63, 3.8) is 0 Å². The second-order valence-corrected chi connectivity index (χ2v) is 8.04. The molecule has 146 valence electrons. The van der Waals surface area contributed by atoms with Crippen LogP contribution in [0.4, 0.5) is 5.69 Å². The molecule has 2 aromatic rings. The van der Waals surface area contributed by atoms with Crippen molar-refractivity contribution in [3.8, 4) is 11.5 Å². The van der Waals surface area contributed by atoms with E-state index in [1.807, 2.05) is 6.92 Å². The number of carbonyl (C=O) groups excluding carboxylic acids is 1. The topological polar surface area (TPSA) is 89.1 Å². The lowest BCUT2D eigenvalue weighted by molar-refractivity contribution is -0.115. The third kappa shape index (κ3) is 5.15. The summed E-state index contributed by atoms with van der Waals surface area (Å²) in [5.74, 6) is 2.70. The lowest BCUT2D eigenvalue weighted by atomic mass is 10.0. The Morgan fingerprint density at radius 3 is 2.81 bits per heavy atom. The van der Waals surface area contributed by atoms with Gasteiger partial charge in [0.05, 0.1) is 25.2 Å². The number of rotatable bonds is 8. The minimum Gasteiger partial charge on any atom is -0.497 e. The van der Waals surface area contributed by atoms with Gasteiger partial charge in [-0.25, -0.2) is 4.98 Å². The molecule has 1 amide bonds. The Balaban J connectivity index is 1.58. The molecule has 8 heteroatoms. The Kier molecular flexibility index (Phi) is 6.60. The Morgan fingerprint density at radius 2 is 2.11 bits per heavy atom. The van der Waals surface area contributed by atoms with Crippen LogP contribution in [0.1, 0.15) is 38.4 Å². The third-order valence-electron chi connectivity index (χ3n) is 4.78. The average Bonchev–Trinajstić information content (AvgIpc) is 3.34. The van der Waals surface area contributed by atoms with Crippen LogP contribution in [-0.2, 0) is 11.2 Å². The van der Waals surface area contributed by atoms with E-state index < -0.39 is 0 Å². The van der Waals surface area contributed by atoms with Gasteiger partial charge < -0.3 is 14.8 Å². The van der Waals surface area contributed by atoms with Crippen molar-refractivity contribution in [3.05, 3.63) is 24.0 Å². The SMILES string of the molecule is COc1ccc(OC)c(NC(=O)C(C)Sc2n[nH]c(CC3CCCC3)n2)c1. The molecule has 0 bridgehead atoms. The van der Waals surface area contributed by atoms with E-state index in [4.69, 9.17) is 9.47 Å². The van der Waals surface area contributed by atoms with E-state index in [1.54, 1.807) is 32.4 Å². The highest BCUT2D eigenvalue weighted by atomic mass is 32.2. The van der Waals surface area contributed by atoms with Gasteiger partial charge in [0.15, 0.2) is 0 Å². The molecule has 1 aromatic carbocycles. The molecule has 1 unspecified atom stereocenters. The number of nitrogens with one attached hydrogen (secondary N) is 2. The molecule has 1 aliphatic carbocycles. The zero-order valence-electron chi connectivity index (χ0n) is 15.9. The summed E-state index contributed by atoms with van der Waals surface area (Å²) in [5.41, 5.74) is 0.575. The highest BCUT2D eigenvalue weighted by molar-refractivity contribution is 8.00.